The molecule has 2 bridgehead atoms. The summed E-state index contributed by atoms with van der Waals surface area (Å²) in [4.78, 5) is 54.1. The number of rotatable bonds is 13. The Kier molecular flexibility index (Phi) is 14.1. The molecule has 60 heavy (non-hydrogen) atoms. The first-order valence-electron chi connectivity index (χ1n) is 20.3. The third-order valence-electron chi connectivity index (χ3n) is 12.8. The van der Waals surface area contributed by atoms with Crippen molar-refractivity contribution in [2.45, 2.75) is 135 Å². The van der Waals surface area contributed by atoms with Crippen LogP contribution in [0.15, 0.2) is 71.8 Å². The van der Waals surface area contributed by atoms with Crippen LogP contribution in [0.25, 0.3) is 0 Å². The van der Waals surface area contributed by atoms with Crippen LogP contribution < -0.4 is 5.32 Å². The second-order valence-corrected chi connectivity index (χ2v) is 18.2. The lowest BCUT2D eigenvalue weighted by atomic mass is 9.57. The molecular weight excluding hydrogens is 778 g/mol. The SMILES string of the molecule is CC(=O)O[C@H]1C2CO[C@@H]1C[C@H](O)[C@@](C)(C(=O)[C@H](O)C1=C(C)[C@@H](OC(=O)[C@H](O)[C@@H](NC(=O)OC(C)(C)C)c3ccccc3)C[C@](C)(O)C1(C)C)[C@@H]2COC(O)c1ccccc1. The van der Waals surface area contributed by atoms with Crippen molar-refractivity contribution < 1.29 is 68.4 Å². The van der Waals surface area contributed by atoms with Crippen molar-refractivity contribution >= 4 is 23.8 Å². The Balaban J connectivity index is 1.50. The summed E-state index contributed by atoms with van der Waals surface area (Å²) in [5.41, 5.74) is -4.68. The van der Waals surface area contributed by atoms with E-state index in [4.69, 9.17) is 23.7 Å². The van der Waals surface area contributed by atoms with Gasteiger partial charge in [0.1, 0.15) is 23.9 Å². The molecule has 1 heterocycles. The smallest absolute Gasteiger partial charge is 0.408 e. The first-order valence-corrected chi connectivity index (χ1v) is 20.3. The molecule has 12 atom stereocenters. The molecule has 1 saturated carbocycles. The van der Waals surface area contributed by atoms with Gasteiger partial charge in [-0.1, -0.05) is 74.5 Å². The van der Waals surface area contributed by atoms with E-state index in [1.807, 2.05) is 0 Å². The minimum absolute atomic E-state index is 0.0266. The molecule has 2 aromatic carbocycles. The van der Waals surface area contributed by atoms with E-state index in [0.29, 0.717) is 11.1 Å². The van der Waals surface area contributed by atoms with Crippen LogP contribution in [0.3, 0.4) is 0 Å². The van der Waals surface area contributed by atoms with E-state index in [2.05, 4.69) is 5.32 Å². The number of aliphatic hydroxyl groups is 5. The number of ketones is 1. The summed E-state index contributed by atoms with van der Waals surface area (Å²) >= 11 is 0. The summed E-state index contributed by atoms with van der Waals surface area (Å²) in [5, 5.41) is 61.4. The van der Waals surface area contributed by atoms with Crippen LogP contribution in [-0.2, 0) is 38.1 Å². The number of nitrogens with one attached hydrogen (secondary N) is 1. The first-order chi connectivity index (χ1) is 27.9. The Bertz CT molecular complexity index is 1890. The van der Waals surface area contributed by atoms with E-state index in [-0.39, 0.29) is 37.2 Å². The van der Waals surface area contributed by atoms with Gasteiger partial charge in [-0.3, -0.25) is 9.59 Å². The number of hydrogen-bond donors (Lipinski definition) is 6. The molecule has 15 nitrogen and oxygen atoms in total. The van der Waals surface area contributed by atoms with Crippen molar-refractivity contribution in [3.05, 3.63) is 82.9 Å². The normalized spacial score (nSPS) is 30.9. The van der Waals surface area contributed by atoms with E-state index < -0.39 is 107 Å². The molecule has 15 heteroatoms. The topological polar surface area (TPSA) is 228 Å². The van der Waals surface area contributed by atoms with Gasteiger partial charge in [0.25, 0.3) is 0 Å². The van der Waals surface area contributed by atoms with Crippen LogP contribution in [0.1, 0.15) is 98.6 Å². The molecule has 2 aromatic rings. The first kappa shape index (κ1) is 46.8. The number of ether oxygens (including phenoxy) is 5. The molecule has 330 valence electrons. The quantitative estimate of drug-likeness (QED) is 0.0726. The van der Waals surface area contributed by atoms with Crippen LogP contribution >= 0.6 is 0 Å². The Hall–Kier alpha value is -4.22. The van der Waals surface area contributed by atoms with Crippen molar-refractivity contribution in [3.8, 4) is 0 Å². The van der Waals surface area contributed by atoms with Gasteiger partial charge in [0.15, 0.2) is 18.2 Å². The number of carbonyl (C=O) groups excluding carboxylic acids is 4. The maximum atomic E-state index is 15.1. The van der Waals surface area contributed by atoms with Gasteiger partial charge < -0.3 is 54.5 Å². The number of amides is 1. The molecule has 6 N–H and O–H groups in total. The van der Waals surface area contributed by atoms with Crippen LogP contribution in [-0.4, -0.2) is 110 Å². The monoisotopic (exact) mass is 839 g/mol. The predicted octanol–water partition coefficient (Wildman–Crippen LogP) is 3.99. The lowest BCUT2D eigenvalue weighted by molar-refractivity contribution is -0.172. The fraction of sp³-hybridized carbons (Fsp3) is 0.600. The van der Waals surface area contributed by atoms with E-state index in [1.165, 1.54) is 20.8 Å². The highest BCUT2D eigenvalue weighted by molar-refractivity contribution is 5.92. The zero-order valence-corrected chi connectivity index (χ0v) is 35.8. The van der Waals surface area contributed by atoms with Crippen LogP contribution in [0.4, 0.5) is 4.79 Å². The molecule has 1 aliphatic heterocycles. The number of Topliss-reactive ketones (excluding diaryl/α,β-unsaturated/α-hetero) is 1. The number of hydrogen-bond acceptors (Lipinski definition) is 14. The average molecular weight is 840 g/mol. The summed E-state index contributed by atoms with van der Waals surface area (Å²) in [5.74, 6) is -4.30. The predicted molar refractivity (Wildman–Crippen MR) is 216 cm³/mol. The van der Waals surface area contributed by atoms with Gasteiger partial charge in [-0.25, -0.2) is 9.59 Å². The van der Waals surface area contributed by atoms with Crippen molar-refractivity contribution in [3.63, 3.8) is 0 Å². The van der Waals surface area contributed by atoms with Crippen LogP contribution in [0.5, 0.6) is 0 Å². The summed E-state index contributed by atoms with van der Waals surface area (Å²) < 4.78 is 28.9. The number of benzene rings is 2. The van der Waals surface area contributed by atoms with E-state index >= 15 is 4.79 Å². The third kappa shape index (κ3) is 9.62. The molecule has 0 aromatic heterocycles. The molecule has 5 rings (SSSR count). The molecular formula is C45H61NO14. The molecule has 1 saturated heterocycles. The third-order valence-corrected chi connectivity index (χ3v) is 12.8. The lowest BCUT2D eigenvalue weighted by Gasteiger charge is -2.51. The standard InChI is InChI=1S/C45H61NO14/c1-24-31(59-40(53)36(50)34(26-16-12-10-13-17-26)46-41(54)60-42(3,4)5)21-44(8,55)43(6,7)33(24)35(49)38(51)45(9)29(23-57-39(52)27-18-14-11-15-19-27)28-22-56-30(20-32(45)48)37(28)58-25(2)47/h10-19,28-32,34-37,39,48-50,52,55H,20-23H2,1-9H3,(H,46,54)/t28?,29-,30-,31+,32+,34+,35-,36-,37+,39?,44+,45+/m1/s1. The minimum Gasteiger partial charge on any atom is -0.459 e. The number of esters is 2. The maximum Gasteiger partial charge on any atom is 0.408 e. The summed E-state index contributed by atoms with van der Waals surface area (Å²) in [6.07, 6.45) is -11.0. The summed E-state index contributed by atoms with van der Waals surface area (Å²) in [6.45, 7) is 13.7. The number of carbonyl (C=O) groups is 4. The molecule has 2 unspecified atom stereocenters. The molecule has 3 aliphatic rings. The van der Waals surface area contributed by atoms with Crippen LogP contribution in [0, 0.1) is 22.7 Å². The molecule has 1 amide bonds. The van der Waals surface area contributed by atoms with Gasteiger partial charge >= 0.3 is 18.0 Å². The highest BCUT2D eigenvalue weighted by Crippen LogP contribution is 2.54. The fourth-order valence-corrected chi connectivity index (χ4v) is 8.94. The van der Waals surface area contributed by atoms with Gasteiger partial charge in [-0.2, -0.15) is 0 Å². The molecule has 0 spiro atoms. The van der Waals surface area contributed by atoms with Gasteiger partial charge in [-0.05, 0) is 58.3 Å². The largest absolute Gasteiger partial charge is 0.459 e. The van der Waals surface area contributed by atoms with E-state index in [1.54, 1.807) is 102 Å². The Morgan fingerprint density at radius 3 is 2.07 bits per heavy atom. The zero-order valence-electron chi connectivity index (χ0n) is 35.8. The molecule has 2 fully saturated rings. The summed E-state index contributed by atoms with van der Waals surface area (Å²) in [6, 6.07) is 15.5. The Morgan fingerprint density at radius 1 is 0.917 bits per heavy atom. The zero-order chi connectivity index (χ0) is 44.5. The second-order valence-electron chi connectivity index (χ2n) is 18.2. The minimum atomic E-state index is -1.99. The van der Waals surface area contributed by atoms with Crippen LogP contribution in [0.2, 0.25) is 0 Å². The Morgan fingerprint density at radius 2 is 1.50 bits per heavy atom. The molecule has 0 radical (unpaired) electrons. The maximum absolute atomic E-state index is 15.1. The number of fused-ring (bicyclic) bond motifs is 2. The number of aliphatic hydroxyl groups excluding tert-OH is 4. The van der Waals surface area contributed by atoms with Crippen molar-refractivity contribution in [1.82, 2.24) is 5.32 Å². The van der Waals surface area contributed by atoms with Gasteiger partial charge in [0, 0.05) is 42.6 Å². The van der Waals surface area contributed by atoms with Crippen molar-refractivity contribution in [2.75, 3.05) is 13.2 Å². The van der Waals surface area contributed by atoms with Gasteiger partial charge in [0.05, 0.1) is 42.5 Å². The van der Waals surface area contributed by atoms with Crippen molar-refractivity contribution in [2.24, 2.45) is 22.7 Å². The molecule has 2 aliphatic carbocycles. The highest BCUT2D eigenvalue weighted by Gasteiger charge is 2.62. The van der Waals surface area contributed by atoms with Gasteiger partial charge in [0.2, 0.25) is 0 Å². The number of alkyl carbamates (subject to hydrolysis) is 1. The summed E-state index contributed by atoms with van der Waals surface area (Å²) in [7, 11) is 0. The van der Waals surface area contributed by atoms with E-state index in [9.17, 15) is 39.9 Å². The van der Waals surface area contributed by atoms with E-state index in [0.717, 1.165) is 0 Å². The van der Waals surface area contributed by atoms with Gasteiger partial charge in [-0.15, -0.1) is 0 Å². The lowest BCUT2D eigenvalue weighted by Crippen LogP contribution is -2.58. The Labute approximate surface area is 351 Å². The highest BCUT2D eigenvalue weighted by atomic mass is 16.6. The fourth-order valence-electron chi connectivity index (χ4n) is 8.94. The van der Waals surface area contributed by atoms with Crippen molar-refractivity contribution in [1.29, 1.82) is 0 Å². The second kappa shape index (κ2) is 18.0. The average Bonchev–Trinajstić information content (AvgIpc) is 3.51.